The zero-order valence-corrected chi connectivity index (χ0v) is 12.8. The summed E-state index contributed by atoms with van der Waals surface area (Å²) >= 11 is 0. The molecule has 0 amide bonds. The molecule has 0 atom stereocenters. The smallest absolute Gasteiger partial charge is 0.0581 e. The predicted octanol–water partition coefficient (Wildman–Crippen LogP) is 2.73. The van der Waals surface area contributed by atoms with Gasteiger partial charge in [-0.25, -0.2) is 0 Å². The van der Waals surface area contributed by atoms with Crippen molar-refractivity contribution >= 4 is 40.0 Å². The van der Waals surface area contributed by atoms with Gasteiger partial charge in [0.25, 0.3) is 0 Å². The van der Waals surface area contributed by atoms with Crippen molar-refractivity contribution in [1.29, 1.82) is 0 Å². The third-order valence-corrected chi connectivity index (χ3v) is 11.9. The first-order valence-corrected chi connectivity index (χ1v) is 11.5. The number of hydrogen-bond acceptors (Lipinski definition) is 0. The molecular formula is C14H20B2P2+2. The zero-order valence-electron chi connectivity index (χ0n) is 11.0. The summed E-state index contributed by atoms with van der Waals surface area (Å²) in [6.45, 7) is 0. The highest BCUT2D eigenvalue weighted by atomic mass is 31.2. The van der Waals surface area contributed by atoms with Gasteiger partial charge in [0.05, 0.1) is 0 Å². The van der Waals surface area contributed by atoms with E-state index in [9.17, 15) is 0 Å². The zero-order chi connectivity index (χ0) is 12.6. The SMILES string of the molecule is [B][P+]1(c2ccccc2[P+]2([B])CCCC2)CCCC1. The van der Waals surface area contributed by atoms with Gasteiger partial charge in [0.1, 0.15) is 10.6 Å². The summed E-state index contributed by atoms with van der Waals surface area (Å²) < 4.78 is 0. The molecule has 0 bridgehead atoms. The second-order valence-corrected chi connectivity index (χ2v) is 12.8. The summed E-state index contributed by atoms with van der Waals surface area (Å²) in [7, 11) is 10.8. The summed E-state index contributed by atoms with van der Waals surface area (Å²) in [6, 6.07) is 8.91. The van der Waals surface area contributed by atoms with Crippen molar-refractivity contribution in [3.63, 3.8) is 0 Å². The van der Waals surface area contributed by atoms with Crippen LogP contribution in [0.15, 0.2) is 24.3 Å². The Bertz CT molecular complexity index is 394. The molecular weight excluding hydrogens is 252 g/mol. The van der Waals surface area contributed by atoms with E-state index in [4.69, 9.17) is 15.1 Å². The monoisotopic (exact) mass is 272 g/mol. The van der Waals surface area contributed by atoms with Crippen molar-refractivity contribution < 1.29 is 0 Å². The fraction of sp³-hybridized carbons (Fsp3) is 0.571. The van der Waals surface area contributed by atoms with E-state index >= 15 is 0 Å². The molecule has 0 unspecified atom stereocenters. The molecule has 2 heterocycles. The first-order chi connectivity index (χ1) is 8.64. The van der Waals surface area contributed by atoms with E-state index in [1.165, 1.54) is 60.9 Å². The molecule has 2 aliphatic heterocycles. The maximum absolute atomic E-state index is 6.78. The molecule has 18 heavy (non-hydrogen) atoms. The van der Waals surface area contributed by atoms with Gasteiger partial charge in [-0.15, -0.1) is 0 Å². The van der Waals surface area contributed by atoms with Crippen molar-refractivity contribution in [2.75, 3.05) is 24.6 Å². The van der Waals surface area contributed by atoms with Crippen LogP contribution in [0.25, 0.3) is 0 Å². The van der Waals surface area contributed by atoms with Gasteiger partial charge in [0.15, 0.2) is 0 Å². The van der Waals surface area contributed by atoms with E-state index in [2.05, 4.69) is 24.3 Å². The Kier molecular flexibility index (Phi) is 3.63. The summed E-state index contributed by atoms with van der Waals surface area (Å²) in [5.41, 5.74) is 0. The van der Waals surface area contributed by atoms with Crippen LogP contribution in [0.1, 0.15) is 25.7 Å². The molecule has 1 aromatic carbocycles. The summed E-state index contributed by atoms with van der Waals surface area (Å²) in [6.07, 6.45) is 10.2. The molecule has 2 aliphatic rings. The molecule has 4 radical (unpaired) electrons. The molecule has 2 fully saturated rings. The minimum atomic E-state index is -1.36. The fourth-order valence-corrected chi connectivity index (χ4v) is 11.1. The van der Waals surface area contributed by atoms with Crippen LogP contribution in [0.2, 0.25) is 0 Å². The van der Waals surface area contributed by atoms with E-state index in [1.807, 2.05) is 0 Å². The van der Waals surface area contributed by atoms with Crippen LogP contribution in [0.4, 0.5) is 0 Å². The summed E-state index contributed by atoms with van der Waals surface area (Å²) in [5.74, 6) is 0. The quantitative estimate of drug-likeness (QED) is 0.573. The molecule has 0 saturated carbocycles. The highest BCUT2D eigenvalue weighted by Crippen LogP contribution is 2.63. The van der Waals surface area contributed by atoms with Crippen molar-refractivity contribution in [2.24, 2.45) is 0 Å². The lowest BCUT2D eigenvalue weighted by molar-refractivity contribution is 0.949. The van der Waals surface area contributed by atoms with Crippen LogP contribution in [-0.4, -0.2) is 39.8 Å². The lowest BCUT2D eigenvalue weighted by Crippen LogP contribution is -2.32. The summed E-state index contributed by atoms with van der Waals surface area (Å²) in [5, 5.41) is 2.97. The largest absolute Gasteiger partial charge is 0.371 e. The van der Waals surface area contributed by atoms with Crippen LogP contribution >= 0.6 is 14.3 Å². The van der Waals surface area contributed by atoms with E-state index < -0.39 is 14.3 Å². The molecule has 4 heteroatoms. The first kappa shape index (κ1) is 13.2. The van der Waals surface area contributed by atoms with Crippen molar-refractivity contribution in [1.82, 2.24) is 0 Å². The lowest BCUT2D eigenvalue weighted by atomic mass is 10.4. The van der Waals surface area contributed by atoms with E-state index in [0.29, 0.717) is 0 Å². The predicted molar refractivity (Wildman–Crippen MR) is 89.0 cm³/mol. The van der Waals surface area contributed by atoms with Crippen LogP contribution in [0, 0.1) is 0 Å². The van der Waals surface area contributed by atoms with Crippen molar-refractivity contribution in [3.05, 3.63) is 24.3 Å². The third kappa shape index (κ3) is 2.21. The van der Waals surface area contributed by atoms with Crippen LogP contribution in [-0.2, 0) is 0 Å². The fourth-order valence-electron chi connectivity index (χ4n) is 3.50. The Labute approximate surface area is 115 Å². The van der Waals surface area contributed by atoms with Crippen LogP contribution < -0.4 is 10.6 Å². The van der Waals surface area contributed by atoms with Gasteiger partial charge < -0.3 is 0 Å². The maximum Gasteiger partial charge on any atom is 0.371 e. The molecule has 0 nitrogen and oxygen atoms in total. The first-order valence-electron chi connectivity index (χ1n) is 7.06. The van der Waals surface area contributed by atoms with Gasteiger partial charge >= 0.3 is 15.1 Å². The Morgan fingerprint density at radius 3 is 1.33 bits per heavy atom. The summed E-state index contributed by atoms with van der Waals surface area (Å²) in [4.78, 5) is 0. The van der Waals surface area contributed by atoms with Crippen LogP contribution in [0.3, 0.4) is 0 Å². The maximum atomic E-state index is 6.78. The third-order valence-electron chi connectivity index (χ3n) is 4.57. The van der Waals surface area contributed by atoms with Crippen LogP contribution in [0.5, 0.6) is 0 Å². The minimum absolute atomic E-state index is 1.24. The van der Waals surface area contributed by atoms with Gasteiger partial charge in [-0.05, 0) is 52.1 Å². The van der Waals surface area contributed by atoms with Crippen molar-refractivity contribution in [3.8, 4) is 0 Å². The highest BCUT2D eigenvalue weighted by Gasteiger charge is 2.47. The average molecular weight is 272 g/mol. The normalized spacial score (nSPS) is 25.3. The molecule has 0 aliphatic carbocycles. The number of hydrogen-bond donors (Lipinski definition) is 0. The Morgan fingerprint density at radius 1 is 0.667 bits per heavy atom. The highest BCUT2D eigenvalue weighted by molar-refractivity contribution is 8.08. The number of rotatable bonds is 2. The minimum Gasteiger partial charge on any atom is -0.0581 e. The van der Waals surface area contributed by atoms with Gasteiger partial charge in [0.2, 0.25) is 0 Å². The Morgan fingerprint density at radius 2 is 1.00 bits per heavy atom. The topological polar surface area (TPSA) is 0 Å². The molecule has 0 N–H and O–H groups in total. The van der Waals surface area contributed by atoms with E-state index in [-0.39, 0.29) is 0 Å². The van der Waals surface area contributed by atoms with Gasteiger partial charge in [0, 0.05) is 24.6 Å². The van der Waals surface area contributed by atoms with E-state index in [0.717, 1.165) is 0 Å². The molecule has 1 aromatic rings. The Hall–Kier alpha value is 0.210. The molecule has 0 spiro atoms. The average Bonchev–Trinajstić information content (AvgIpc) is 3.00. The molecule has 0 aromatic heterocycles. The Balaban J connectivity index is 2.05. The molecule has 90 valence electrons. The van der Waals surface area contributed by atoms with Gasteiger partial charge in [-0.3, -0.25) is 0 Å². The lowest BCUT2D eigenvalue weighted by Gasteiger charge is -2.25. The second-order valence-electron chi connectivity index (χ2n) is 5.87. The molecule has 2 saturated heterocycles. The molecule has 3 rings (SSSR count). The van der Waals surface area contributed by atoms with E-state index in [1.54, 1.807) is 0 Å². The standard InChI is InChI=1S/C14H20B2P2/c15-17(9-3-4-10-17)13-7-1-2-8-14(13)18(16)11-5-6-12-18/h1-2,7-8H,3-6,9-12H2/q+2. The van der Waals surface area contributed by atoms with Crippen molar-refractivity contribution in [2.45, 2.75) is 25.7 Å². The second kappa shape index (κ2) is 4.95. The number of benzene rings is 1. The van der Waals surface area contributed by atoms with Gasteiger partial charge in [-0.1, -0.05) is 12.1 Å². The van der Waals surface area contributed by atoms with Gasteiger partial charge in [-0.2, -0.15) is 0 Å².